The van der Waals surface area contributed by atoms with Crippen molar-refractivity contribution in [2.24, 2.45) is 5.92 Å². The summed E-state index contributed by atoms with van der Waals surface area (Å²) in [4.78, 5) is 8.77. The number of nitrogens with one attached hydrogen (secondary N) is 1. The van der Waals surface area contributed by atoms with E-state index in [0.717, 1.165) is 24.4 Å². The molecule has 0 aliphatic rings. The van der Waals surface area contributed by atoms with E-state index >= 15 is 0 Å². The molecule has 0 aliphatic carbocycles. The minimum atomic E-state index is 0.341. The van der Waals surface area contributed by atoms with Crippen molar-refractivity contribution in [3.05, 3.63) is 23.8 Å². The topological polar surface area (TPSA) is 37.8 Å². The van der Waals surface area contributed by atoms with Crippen LogP contribution in [0.5, 0.6) is 0 Å². The fourth-order valence-corrected chi connectivity index (χ4v) is 1.71. The van der Waals surface area contributed by atoms with Crippen molar-refractivity contribution in [2.45, 2.75) is 46.6 Å². The third kappa shape index (κ3) is 3.89. The van der Waals surface area contributed by atoms with Crippen LogP contribution in [0.4, 0.5) is 0 Å². The molecule has 1 rings (SSSR count). The third-order valence-corrected chi connectivity index (χ3v) is 2.94. The highest BCUT2D eigenvalue weighted by Crippen LogP contribution is 2.20. The Bertz CT molecular complexity index is 295. The monoisotopic (exact) mass is 221 g/mol. The van der Waals surface area contributed by atoms with E-state index in [4.69, 9.17) is 0 Å². The molecule has 0 saturated carbocycles. The molecule has 90 valence electrons. The van der Waals surface area contributed by atoms with Gasteiger partial charge in [0.1, 0.15) is 0 Å². The maximum Gasteiger partial charge on any atom is 0.0756 e. The summed E-state index contributed by atoms with van der Waals surface area (Å²) in [5, 5.41) is 3.48. The van der Waals surface area contributed by atoms with E-state index in [1.54, 1.807) is 0 Å². The van der Waals surface area contributed by atoms with E-state index in [0.29, 0.717) is 12.0 Å². The fraction of sp³-hybridized carbons (Fsp3) is 0.692. The second kappa shape index (κ2) is 6.59. The standard InChI is InChI=1S/C13H23N3/c1-5-10(3)7-12(14-6-2)13-9-15-11(4)8-16-13/h8-10,12,14H,5-7H2,1-4H3. The normalized spacial score (nSPS) is 14.8. The summed E-state index contributed by atoms with van der Waals surface area (Å²) in [6.07, 6.45) is 6.07. The molecular weight excluding hydrogens is 198 g/mol. The SMILES string of the molecule is CCNC(CC(C)CC)c1cnc(C)cn1. The Morgan fingerprint density at radius 2 is 2.00 bits per heavy atom. The predicted molar refractivity (Wildman–Crippen MR) is 67.3 cm³/mol. The molecule has 3 nitrogen and oxygen atoms in total. The lowest BCUT2D eigenvalue weighted by Gasteiger charge is -2.20. The van der Waals surface area contributed by atoms with Crippen molar-refractivity contribution in [2.75, 3.05) is 6.54 Å². The van der Waals surface area contributed by atoms with Crippen LogP contribution >= 0.6 is 0 Å². The van der Waals surface area contributed by atoms with Gasteiger partial charge < -0.3 is 5.32 Å². The number of nitrogens with zero attached hydrogens (tertiary/aromatic N) is 2. The summed E-state index contributed by atoms with van der Waals surface area (Å²) in [5.74, 6) is 0.715. The van der Waals surface area contributed by atoms with Crippen LogP contribution in [0.15, 0.2) is 12.4 Å². The number of hydrogen-bond acceptors (Lipinski definition) is 3. The Balaban J connectivity index is 2.72. The van der Waals surface area contributed by atoms with Gasteiger partial charge in [-0.1, -0.05) is 27.2 Å². The summed E-state index contributed by atoms with van der Waals surface area (Å²) in [5.41, 5.74) is 2.04. The lowest BCUT2D eigenvalue weighted by molar-refractivity contribution is 0.401. The van der Waals surface area contributed by atoms with Crippen molar-refractivity contribution in [1.29, 1.82) is 0 Å². The molecule has 2 atom stereocenters. The van der Waals surface area contributed by atoms with Gasteiger partial charge in [-0.15, -0.1) is 0 Å². The van der Waals surface area contributed by atoms with E-state index < -0.39 is 0 Å². The molecule has 0 bridgehead atoms. The average molecular weight is 221 g/mol. The molecule has 0 aromatic carbocycles. The van der Waals surface area contributed by atoms with Crippen LogP contribution in [-0.4, -0.2) is 16.5 Å². The zero-order valence-corrected chi connectivity index (χ0v) is 10.8. The summed E-state index contributed by atoms with van der Waals surface area (Å²) in [6, 6.07) is 0.341. The van der Waals surface area contributed by atoms with E-state index in [1.165, 1.54) is 6.42 Å². The molecule has 0 spiro atoms. The molecule has 3 heteroatoms. The van der Waals surface area contributed by atoms with Crippen LogP contribution in [0, 0.1) is 12.8 Å². The van der Waals surface area contributed by atoms with Crippen molar-refractivity contribution in [3.8, 4) is 0 Å². The Labute approximate surface area is 98.7 Å². The summed E-state index contributed by atoms with van der Waals surface area (Å²) >= 11 is 0. The van der Waals surface area contributed by atoms with Gasteiger partial charge in [0.05, 0.1) is 23.6 Å². The summed E-state index contributed by atoms with van der Waals surface area (Å²) in [7, 11) is 0. The van der Waals surface area contributed by atoms with Crippen LogP contribution in [-0.2, 0) is 0 Å². The lowest BCUT2D eigenvalue weighted by Crippen LogP contribution is -2.24. The van der Waals surface area contributed by atoms with Crippen LogP contribution in [0.3, 0.4) is 0 Å². The van der Waals surface area contributed by atoms with Gasteiger partial charge in [-0.25, -0.2) is 0 Å². The van der Waals surface area contributed by atoms with Crippen molar-refractivity contribution in [3.63, 3.8) is 0 Å². The molecule has 2 unspecified atom stereocenters. The average Bonchev–Trinajstić information content (AvgIpc) is 2.29. The van der Waals surface area contributed by atoms with Crippen LogP contribution in [0.2, 0.25) is 0 Å². The second-order valence-electron chi connectivity index (χ2n) is 4.44. The second-order valence-corrected chi connectivity index (χ2v) is 4.44. The minimum Gasteiger partial charge on any atom is -0.309 e. The Kier molecular flexibility index (Phi) is 5.39. The van der Waals surface area contributed by atoms with Crippen LogP contribution in [0.25, 0.3) is 0 Å². The third-order valence-electron chi connectivity index (χ3n) is 2.94. The Morgan fingerprint density at radius 3 is 2.50 bits per heavy atom. The maximum absolute atomic E-state index is 4.46. The first-order valence-corrected chi connectivity index (χ1v) is 6.19. The number of hydrogen-bond donors (Lipinski definition) is 1. The van der Waals surface area contributed by atoms with Gasteiger partial charge in [0, 0.05) is 6.20 Å². The molecule has 1 N–H and O–H groups in total. The Morgan fingerprint density at radius 1 is 1.25 bits per heavy atom. The maximum atomic E-state index is 4.46. The minimum absolute atomic E-state index is 0.341. The largest absolute Gasteiger partial charge is 0.309 e. The van der Waals surface area contributed by atoms with Gasteiger partial charge >= 0.3 is 0 Å². The lowest BCUT2D eigenvalue weighted by atomic mass is 9.97. The van der Waals surface area contributed by atoms with Gasteiger partial charge in [-0.3, -0.25) is 9.97 Å². The molecule has 0 radical (unpaired) electrons. The van der Waals surface area contributed by atoms with Gasteiger partial charge in [0.2, 0.25) is 0 Å². The first-order valence-electron chi connectivity index (χ1n) is 6.19. The zero-order valence-electron chi connectivity index (χ0n) is 10.8. The van der Waals surface area contributed by atoms with Gasteiger partial charge in [-0.05, 0) is 25.8 Å². The van der Waals surface area contributed by atoms with Crippen molar-refractivity contribution >= 4 is 0 Å². The van der Waals surface area contributed by atoms with Crippen molar-refractivity contribution < 1.29 is 0 Å². The summed E-state index contributed by atoms with van der Waals surface area (Å²) < 4.78 is 0. The number of rotatable bonds is 6. The zero-order chi connectivity index (χ0) is 12.0. The quantitative estimate of drug-likeness (QED) is 0.802. The molecular formula is C13H23N3. The molecule has 16 heavy (non-hydrogen) atoms. The number of aryl methyl sites for hydroxylation is 1. The van der Waals surface area contributed by atoms with E-state index in [-0.39, 0.29) is 0 Å². The molecule has 0 saturated heterocycles. The predicted octanol–water partition coefficient (Wildman–Crippen LogP) is 2.87. The van der Waals surface area contributed by atoms with E-state index in [1.807, 2.05) is 19.3 Å². The highest BCUT2D eigenvalue weighted by atomic mass is 14.9. The Hall–Kier alpha value is -0.960. The van der Waals surface area contributed by atoms with Gasteiger partial charge in [0.15, 0.2) is 0 Å². The van der Waals surface area contributed by atoms with E-state index in [2.05, 4.69) is 36.1 Å². The van der Waals surface area contributed by atoms with Gasteiger partial charge in [0.25, 0.3) is 0 Å². The van der Waals surface area contributed by atoms with Crippen molar-refractivity contribution in [1.82, 2.24) is 15.3 Å². The fourth-order valence-electron chi connectivity index (χ4n) is 1.71. The smallest absolute Gasteiger partial charge is 0.0756 e. The first kappa shape index (κ1) is 13.1. The molecule has 1 aromatic heterocycles. The van der Waals surface area contributed by atoms with Crippen LogP contribution < -0.4 is 5.32 Å². The van der Waals surface area contributed by atoms with Crippen LogP contribution in [0.1, 0.15) is 51.0 Å². The molecule has 0 amide bonds. The molecule has 1 heterocycles. The first-order chi connectivity index (χ1) is 7.67. The molecule has 0 aliphatic heterocycles. The molecule has 1 aromatic rings. The van der Waals surface area contributed by atoms with E-state index in [9.17, 15) is 0 Å². The summed E-state index contributed by atoms with van der Waals surface area (Å²) in [6.45, 7) is 9.58. The van der Waals surface area contributed by atoms with Gasteiger partial charge in [-0.2, -0.15) is 0 Å². The number of aromatic nitrogens is 2. The highest BCUT2D eigenvalue weighted by molar-refractivity contribution is 5.06. The highest BCUT2D eigenvalue weighted by Gasteiger charge is 2.14. The molecule has 0 fully saturated rings.